The van der Waals surface area contributed by atoms with Crippen LogP contribution < -0.4 is 31.1 Å². The maximum Gasteiger partial charge on any atom is 0.252 e. The summed E-state index contributed by atoms with van der Waals surface area (Å²) in [5.74, 6) is 0. The number of rotatable bonds is 6. The number of nitrogens with zero attached hydrogens (tertiary/aromatic N) is 3. The van der Waals surface area contributed by atoms with Gasteiger partial charge < -0.3 is 14.7 Å². The molecule has 10 aromatic carbocycles. The molecule has 0 atom stereocenters. The Morgan fingerprint density at radius 3 is 1.08 bits per heavy atom. The number of benzene rings is 10. The molecule has 0 radical (unpaired) electrons. The third-order valence-electron chi connectivity index (χ3n) is 26.5. The normalized spacial score (nSPS) is 19.1. The van der Waals surface area contributed by atoms with Crippen molar-refractivity contribution < 1.29 is 0 Å². The van der Waals surface area contributed by atoms with Crippen molar-refractivity contribution in [3.63, 3.8) is 0 Å². The highest BCUT2D eigenvalue weighted by atomic mass is 15.2. The summed E-state index contributed by atoms with van der Waals surface area (Å²) < 4.78 is 0. The quantitative estimate of drug-likeness (QED) is 0.154. The zero-order chi connectivity index (χ0) is 71.8. The minimum Gasteiger partial charge on any atom is -0.311 e. The summed E-state index contributed by atoms with van der Waals surface area (Å²) in [6.07, 6.45) is 4.57. The molecule has 16 rings (SSSR count). The predicted molar refractivity (Wildman–Crippen MR) is 435 cm³/mol. The first-order valence-corrected chi connectivity index (χ1v) is 38.0. The van der Waals surface area contributed by atoms with Gasteiger partial charge in [0.25, 0.3) is 6.71 Å². The molecule has 0 spiro atoms. The Labute approximate surface area is 607 Å². The van der Waals surface area contributed by atoms with Gasteiger partial charge in [0.2, 0.25) is 0 Å². The SMILES string of the molecule is Cc1cc(C(C)(C)C)ccc1N1c2cc3c(cc2B2c4cc5c(cc4N(c4ccc(C(C)(C)C)cc4-c4ccccc4)c4cc(N(c6ccc7c(c6)C(C)(C)CCC7(C)C)c6ccc7c(c6)C(C)(C)CCC7(C)C)cc1c42)C(C)(C)c1ccccc1C5(C)C)C(C)(C)c1ccccc1C3(C)C. The van der Waals surface area contributed by atoms with E-state index >= 15 is 0 Å². The average Bonchev–Trinajstić information content (AvgIpc) is 0.676. The highest BCUT2D eigenvalue weighted by Gasteiger charge is 2.52. The van der Waals surface area contributed by atoms with Crippen LogP contribution in [0.15, 0.2) is 188 Å². The number of anilines is 9. The molecule has 4 heteroatoms. The molecule has 0 unspecified atom stereocenters. The van der Waals surface area contributed by atoms with Gasteiger partial charge >= 0.3 is 0 Å². The second kappa shape index (κ2) is 21.9. The van der Waals surface area contributed by atoms with Crippen LogP contribution >= 0.6 is 0 Å². The van der Waals surface area contributed by atoms with Crippen molar-refractivity contribution in [2.75, 3.05) is 14.7 Å². The fraction of sp³-hybridized carbons (Fsp3) is 0.381. The van der Waals surface area contributed by atoms with E-state index in [-0.39, 0.29) is 60.9 Å². The first kappa shape index (κ1) is 67.2. The molecule has 0 saturated heterocycles. The lowest BCUT2D eigenvalue weighted by atomic mass is 9.32. The molecular formula is C97H108BN3. The van der Waals surface area contributed by atoms with E-state index in [1.54, 1.807) is 0 Å². The molecule has 514 valence electrons. The molecule has 4 aliphatic carbocycles. The standard InChI is InChI=1S/C97H108BN3/c1-59-49-61(88(2,3)4)37-43-81(59)100-83-57-77-75(94(16,17)69-33-27-29-35-71(69)96(77,20)21)55-79(83)98-80-56-76-78(97(22,23)72-36-30-28-34-70(72)95(76,18)19)58-84(80)101(82-44-38-62(89(5,6)7)50-66(82)60-31-25-24-26-32-60)86-54-65(53-85(100)87(86)98)99(63-39-41-67-73(51-63)92(12,13)47-45-90(67,8)9)64-40-42-68-74(52-64)93(14,15)48-46-91(68,10)11/h24-44,49-58H,45-48H2,1-23H3. The van der Waals surface area contributed by atoms with E-state index in [0.29, 0.717) is 0 Å². The minimum atomic E-state index is -0.325. The fourth-order valence-electron chi connectivity index (χ4n) is 19.8. The predicted octanol–water partition coefficient (Wildman–Crippen LogP) is 24.4. The van der Waals surface area contributed by atoms with E-state index in [9.17, 15) is 0 Å². The highest BCUT2D eigenvalue weighted by Crippen LogP contribution is 2.59. The Bertz CT molecular complexity index is 5040. The van der Waals surface area contributed by atoms with E-state index < -0.39 is 0 Å². The number of aryl methyl sites for hydroxylation is 1. The average molecular weight is 1330 g/mol. The Balaban J connectivity index is 1.11. The monoisotopic (exact) mass is 1330 g/mol. The largest absolute Gasteiger partial charge is 0.311 e. The summed E-state index contributed by atoms with van der Waals surface area (Å²) in [6.45, 7) is 56.2. The van der Waals surface area contributed by atoms with Crippen molar-refractivity contribution in [2.45, 2.75) is 239 Å². The van der Waals surface area contributed by atoms with Gasteiger partial charge in [0, 0.05) is 67.0 Å². The lowest BCUT2D eigenvalue weighted by molar-refractivity contribution is 0.332. The summed E-state index contributed by atoms with van der Waals surface area (Å²) in [4.78, 5) is 8.24. The summed E-state index contributed by atoms with van der Waals surface area (Å²) >= 11 is 0. The summed E-state index contributed by atoms with van der Waals surface area (Å²) in [5, 5.41) is 0. The van der Waals surface area contributed by atoms with Crippen molar-refractivity contribution in [3.05, 3.63) is 272 Å². The molecule has 0 fully saturated rings. The van der Waals surface area contributed by atoms with Crippen molar-refractivity contribution in [1.82, 2.24) is 0 Å². The van der Waals surface area contributed by atoms with Crippen LogP contribution in [0.5, 0.6) is 0 Å². The third-order valence-corrected chi connectivity index (χ3v) is 26.5. The van der Waals surface area contributed by atoms with Gasteiger partial charge in [-0.05, 0) is 237 Å². The lowest BCUT2D eigenvalue weighted by Crippen LogP contribution is -2.62. The third kappa shape index (κ3) is 9.99. The van der Waals surface area contributed by atoms with Gasteiger partial charge in [0.1, 0.15) is 0 Å². The maximum atomic E-state index is 2.78. The van der Waals surface area contributed by atoms with Gasteiger partial charge in [-0.3, -0.25) is 0 Å². The smallest absolute Gasteiger partial charge is 0.252 e. The molecule has 0 N–H and O–H groups in total. The van der Waals surface area contributed by atoms with Crippen LogP contribution in [0.1, 0.15) is 261 Å². The molecule has 0 saturated carbocycles. The van der Waals surface area contributed by atoms with E-state index in [4.69, 9.17) is 0 Å². The van der Waals surface area contributed by atoms with Crippen LogP contribution in [-0.2, 0) is 54.1 Å². The second-order valence-electron chi connectivity index (χ2n) is 38.4. The molecule has 0 amide bonds. The molecule has 101 heavy (non-hydrogen) atoms. The van der Waals surface area contributed by atoms with E-state index in [1.165, 1.54) is 156 Å². The molecular weight excluding hydrogens is 1220 g/mol. The van der Waals surface area contributed by atoms with Crippen molar-refractivity contribution in [3.8, 4) is 11.1 Å². The van der Waals surface area contributed by atoms with Crippen LogP contribution in [0.4, 0.5) is 51.2 Å². The van der Waals surface area contributed by atoms with E-state index in [1.807, 2.05) is 0 Å². The number of hydrogen-bond donors (Lipinski definition) is 0. The number of hydrogen-bond acceptors (Lipinski definition) is 3. The number of fused-ring (bicyclic) bond motifs is 10. The molecule has 0 bridgehead atoms. The first-order valence-electron chi connectivity index (χ1n) is 38.0. The van der Waals surface area contributed by atoms with Crippen molar-refractivity contribution in [2.24, 2.45) is 0 Å². The topological polar surface area (TPSA) is 9.72 Å². The Hall–Kier alpha value is -8.34. The van der Waals surface area contributed by atoms with Crippen LogP contribution in [0, 0.1) is 6.92 Å². The van der Waals surface area contributed by atoms with Crippen LogP contribution in [0.3, 0.4) is 0 Å². The zero-order valence-corrected chi connectivity index (χ0v) is 65.1. The fourth-order valence-corrected chi connectivity index (χ4v) is 19.8. The van der Waals surface area contributed by atoms with E-state index in [2.05, 4.69) is 362 Å². The van der Waals surface area contributed by atoms with Gasteiger partial charge in [-0.2, -0.15) is 0 Å². The van der Waals surface area contributed by atoms with Gasteiger partial charge in [-0.15, -0.1) is 0 Å². The summed E-state index contributed by atoms with van der Waals surface area (Å²) in [5.41, 5.74) is 36.8. The van der Waals surface area contributed by atoms with Crippen LogP contribution in [-0.4, -0.2) is 6.71 Å². The molecule has 2 aliphatic heterocycles. The second-order valence-corrected chi connectivity index (χ2v) is 38.4. The van der Waals surface area contributed by atoms with Crippen molar-refractivity contribution in [1.29, 1.82) is 0 Å². The van der Waals surface area contributed by atoms with Gasteiger partial charge in [-0.25, -0.2) is 0 Å². The molecule has 10 aromatic rings. The summed E-state index contributed by atoms with van der Waals surface area (Å²) in [6, 6.07) is 76.3. The zero-order valence-electron chi connectivity index (χ0n) is 65.1. The highest BCUT2D eigenvalue weighted by molar-refractivity contribution is 7.00. The van der Waals surface area contributed by atoms with Crippen LogP contribution in [0.2, 0.25) is 0 Å². The lowest BCUT2D eigenvalue weighted by Gasteiger charge is -2.50. The Morgan fingerprint density at radius 2 is 0.673 bits per heavy atom. The molecule has 3 nitrogen and oxygen atoms in total. The van der Waals surface area contributed by atoms with Gasteiger partial charge in [-0.1, -0.05) is 274 Å². The van der Waals surface area contributed by atoms with Gasteiger partial charge in [0.15, 0.2) is 0 Å². The van der Waals surface area contributed by atoms with Crippen LogP contribution in [0.25, 0.3) is 11.1 Å². The maximum absolute atomic E-state index is 2.78. The van der Waals surface area contributed by atoms with E-state index in [0.717, 1.165) is 31.4 Å². The van der Waals surface area contributed by atoms with Crippen molar-refractivity contribution >= 4 is 74.3 Å². The molecule has 6 aliphatic rings. The molecule has 0 aromatic heterocycles. The Kier molecular flexibility index (Phi) is 14.5. The first-order chi connectivity index (χ1) is 47.2. The Morgan fingerprint density at radius 1 is 0.307 bits per heavy atom. The molecule has 2 heterocycles. The minimum absolute atomic E-state index is 0.0295. The van der Waals surface area contributed by atoms with Gasteiger partial charge in [0.05, 0.1) is 11.4 Å². The summed E-state index contributed by atoms with van der Waals surface area (Å²) in [7, 11) is 0.